The maximum atomic E-state index is 13.4. The molecule has 0 fully saturated rings. The van der Waals surface area contributed by atoms with Gasteiger partial charge in [0.25, 0.3) is 0 Å². The lowest BCUT2D eigenvalue weighted by Crippen LogP contribution is -2.26. The lowest BCUT2D eigenvalue weighted by atomic mass is 10.1. The topological polar surface area (TPSA) is 51.0 Å². The fraction of sp³-hybridized carbons (Fsp3) is 0.208. The number of nitrogens with zero attached hydrogens (tertiary/aromatic N) is 4. The van der Waals surface area contributed by atoms with Crippen LogP contribution in [-0.4, -0.2) is 20.7 Å². The number of rotatable bonds is 6. The second kappa shape index (κ2) is 9.16. The molecule has 4 aromatic rings. The molecule has 2 heterocycles. The summed E-state index contributed by atoms with van der Waals surface area (Å²) in [5, 5.41) is 6.88. The van der Waals surface area contributed by atoms with E-state index in [9.17, 15) is 4.79 Å². The Morgan fingerprint density at radius 2 is 1.84 bits per heavy atom. The van der Waals surface area contributed by atoms with Crippen LogP contribution < -0.4 is 4.90 Å². The number of aromatic nitrogens is 3. The first-order chi connectivity index (χ1) is 14.9. The molecule has 0 radical (unpaired) electrons. The normalized spacial score (nSPS) is 11.0. The SMILES string of the molecule is Cc1cc(C)cc(N(C(=O)CCc2cnn(C)c2)c2nc(-c3ccc(Br)cc3)cs2)c1. The van der Waals surface area contributed by atoms with Crippen molar-refractivity contribution in [2.45, 2.75) is 26.7 Å². The molecule has 5 nitrogen and oxygen atoms in total. The van der Waals surface area contributed by atoms with Crippen LogP contribution in [0, 0.1) is 13.8 Å². The van der Waals surface area contributed by atoms with E-state index in [4.69, 9.17) is 4.98 Å². The van der Waals surface area contributed by atoms with Crippen LogP contribution in [0.4, 0.5) is 10.8 Å². The highest BCUT2D eigenvalue weighted by atomic mass is 79.9. The number of carbonyl (C=O) groups is 1. The van der Waals surface area contributed by atoms with E-state index in [1.165, 1.54) is 11.3 Å². The van der Waals surface area contributed by atoms with Crippen molar-refractivity contribution in [2.75, 3.05) is 4.90 Å². The molecule has 4 rings (SSSR count). The van der Waals surface area contributed by atoms with Crippen LogP contribution in [0.25, 0.3) is 11.3 Å². The molecule has 0 aliphatic rings. The predicted molar refractivity (Wildman–Crippen MR) is 130 cm³/mol. The molecule has 0 aliphatic heterocycles. The standard InChI is InChI=1S/C24H23BrN4OS/c1-16-10-17(2)12-21(11-16)29(23(30)9-4-18-13-26-28(3)14-18)24-27-22(15-31-24)19-5-7-20(25)8-6-19/h5-8,10-15H,4,9H2,1-3H3. The average Bonchev–Trinajstić information content (AvgIpc) is 3.36. The van der Waals surface area contributed by atoms with Crippen LogP contribution in [0.3, 0.4) is 0 Å². The summed E-state index contributed by atoms with van der Waals surface area (Å²) in [6, 6.07) is 14.2. The molecule has 0 saturated heterocycles. The Morgan fingerprint density at radius 3 is 2.48 bits per heavy atom. The third kappa shape index (κ3) is 5.11. The number of aryl methyl sites for hydroxylation is 4. The average molecular weight is 495 g/mol. The van der Waals surface area contributed by atoms with Gasteiger partial charge in [0.05, 0.1) is 17.6 Å². The van der Waals surface area contributed by atoms with Crippen molar-refractivity contribution in [3.8, 4) is 11.3 Å². The van der Waals surface area contributed by atoms with Crippen molar-refractivity contribution in [1.82, 2.24) is 14.8 Å². The van der Waals surface area contributed by atoms with Gasteiger partial charge in [-0.2, -0.15) is 5.10 Å². The number of hydrogen-bond donors (Lipinski definition) is 0. The molecule has 0 spiro atoms. The molecular formula is C24H23BrN4OS. The molecule has 2 aromatic heterocycles. The highest BCUT2D eigenvalue weighted by Gasteiger charge is 2.22. The van der Waals surface area contributed by atoms with E-state index in [1.807, 2.05) is 75.1 Å². The second-order valence-corrected chi connectivity index (χ2v) is 9.37. The van der Waals surface area contributed by atoms with Crippen molar-refractivity contribution in [2.24, 2.45) is 7.05 Å². The largest absolute Gasteiger partial charge is 0.276 e. The Bertz CT molecular complexity index is 1190. The summed E-state index contributed by atoms with van der Waals surface area (Å²) in [6.45, 7) is 4.09. The molecule has 0 bridgehead atoms. The van der Waals surface area contributed by atoms with Crippen LogP contribution >= 0.6 is 27.3 Å². The summed E-state index contributed by atoms with van der Waals surface area (Å²) >= 11 is 4.95. The van der Waals surface area contributed by atoms with Gasteiger partial charge in [-0.05, 0) is 61.2 Å². The van der Waals surface area contributed by atoms with Gasteiger partial charge in [0.2, 0.25) is 5.91 Å². The minimum atomic E-state index is 0.0190. The molecule has 0 saturated carbocycles. The Kier molecular flexibility index (Phi) is 6.34. The number of benzene rings is 2. The van der Waals surface area contributed by atoms with Gasteiger partial charge in [0.1, 0.15) is 0 Å². The lowest BCUT2D eigenvalue weighted by molar-refractivity contribution is -0.117. The summed E-state index contributed by atoms with van der Waals surface area (Å²) in [5.74, 6) is 0.0190. The molecule has 0 aliphatic carbocycles. The maximum absolute atomic E-state index is 13.4. The van der Waals surface area contributed by atoms with E-state index < -0.39 is 0 Å². The van der Waals surface area contributed by atoms with Crippen LogP contribution in [0.5, 0.6) is 0 Å². The van der Waals surface area contributed by atoms with Crippen LogP contribution in [-0.2, 0) is 18.3 Å². The molecule has 7 heteroatoms. The maximum Gasteiger partial charge on any atom is 0.233 e. The van der Waals surface area contributed by atoms with Gasteiger partial charge >= 0.3 is 0 Å². The lowest BCUT2D eigenvalue weighted by Gasteiger charge is -2.21. The van der Waals surface area contributed by atoms with Gasteiger partial charge in [-0.3, -0.25) is 14.4 Å². The number of hydrogen-bond acceptors (Lipinski definition) is 4. The minimum absolute atomic E-state index is 0.0190. The van der Waals surface area contributed by atoms with Crippen molar-refractivity contribution < 1.29 is 4.79 Å². The highest BCUT2D eigenvalue weighted by molar-refractivity contribution is 9.10. The number of carbonyl (C=O) groups excluding carboxylic acids is 1. The highest BCUT2D eigenvalue weighted by Crippen LogP contribution is 2.34. The summed E-state index contributed by atoms with van der Waals surface area (Å²) in [4.78, 5) is 20.0. The predicted octanol–water partition coefficient (Wildman–Crippen LogP) is 6.22. The second-order valence-electron chi connectivity index (χ2n) is 7.62. The fourth-order valence-electron chi connectivity index (χ4n) is 3.53. The summed E-state index contributed by atoms with van der Waals surface area (Å²) < 4.78 is 2.78. The van der Waals surface area contributed by atoms with Crippen LogP contribution in [0.15, 0.2) is 64.7 Å². The van der Waals surface area contributed by atoms with Gasteiger partial charge in [0, 0.05) is 35.1 Å². The Balaban J connectivity index is 1.66. The quantitative estimate of drug-likeness (QED) is 0.319. The smallest absolute Gasteiger partial charge is 0.233 e. The van der Waals surface area contributed by atoms with Crippen molar-refractivity contribution in [1.29, 1.82) is 0 Å². The summed E-state index contributed by atoms with van der Waals surface area (Å²) in [7, 11) is 1.88. The Morgan fingerprint density at radius 1 is 1.13 bits per heavy atom. The van der Waals surface area contributed by atoms with Gasteiger partial charge < -0.3 is 0 Å². The minimum Gasteiger partial charge on any atom is -0.276 e. The monoisotopic (exact) mass is 494 g/mol. The van der Waals surface area contributed by atoms with Gasteiger partial charge in [-0.25, -0.2) is 4.98 Å². The summed E-state index contributed by atoms with van der Waals surface area (Å²) in [6.07, 6.45) is 4.78. The number of halogens is 1. The van der Waals surface area contributed by atoms with Gasteiger partial charge in [0.15, 0.2) is 5.13 Å². The molecule has 158 valence electrons. The number of thiazole rings is 1. The van der Waals surface area contributed by atoms with Crippen molar-refractivity contribution in [3.05, 3.63) is 81.4 Å². The van der Waals surface area contributed by atoms with Gasteiger partial charge in [-0.1, -0.05) is 34.1 Å². The first kappa shape index (κ1) is 21.5. The molecule has 31 heavy (non-hydrogen) atoms. The van der Waals surface area contributed by atoms with Crippen LogP contribution in [0.1, 0.15) is 23.1 Å². The van der Waals surface area contributed by atoms with E-state index in [2.05, 4.69) is 27.1 Å². The zero-order chi connectivity index (χ0) is 22.0. The Hall–Kier alpha value is -2.77. The first-order valence-corrected chi connectivity index (χ1v) is 11.7. The molecule has 2 aromatic carbocycles. The zero-order valence-electron chi connectivity index (χ0n) is 17.7. The van der Waals surface area contributed by atoms with E-state index in [0.29, 0.717) is 18.0 Å². The van der Waals surface area contributed by atoms with E-state index in [1.54, 1.807) is 9.58 Å². The van der Waals surface area contributed by atoms with Crippen LogP contribution in [0.2, 0.25) is 0 Å². The van der Waals surface area contributed by atoms with E-state index >= 15 is 0 Å². The van der Waals surface area contributed by atoms with Crippen molar-refractivity contribution >= 4 is 44.0 Å². The fourth-order valence-corrected chi connectivity index (χ4v) is 4.66. The zero-order valence-corrected chi connectivity index (χ0v) is 20.1. The molecule has 0 N–H and O–H groups in total. The molecule has 1 amide bonds. The third-order valence-electron chi connectivity index (χ3n) is 4.92. The molecule has 0 unspecified atom stereocenters. The summed E-state index contributed by atoms with van der Waals surface area (Å²) in [5.41, 5.74) is 6.02. The Labute approximate surface area is 194 Å². The van der Waals surface area contributed by atoms with E-state index in [0.717, 1.165) is 38.1 Å². The third-order valence-corrected chi connectivity index (χ3v) is 6.28. The van der Waals surface area contributed by atoms with E-state index in [-0.39, 0.29) is 5.91 Å². The van der Waals surface area contributed by atoms with Gasteiger partial charge in [-0.15, -0.1) is 11.3 Å². The first-order valence-electron chi connectivity index (χ1n) is 9.99. The molecule has 0 atom stereocenters. The van der Waals surface area contributed by atoms with Crippen molar-refractivity contribution in [3.63, 3.8) is 0 Å². The molecular weight excluding hydrogens is 472 g/mol. The number of amides is 1. The number of anilines is 2.